The molecule has 3 aromatic carbocycles. The third-order valence-corrected chi connectivity index (χ3v) is 5.68. The topological polar surface area (TPSA) is 96.3 Å². The third kappa shape index (κ3) is 4.88. The van der Waals surface area contributed by atoms with Gasteiger partial charge in [0.05, 0.1) is 29.2 Å². The molecule has 0 aliphatic rings. The molecule has 29 heavy (non-hydrogen) atoms. The average molecular weight is 406 g/mol. The Kier molecular flexibility index (Phi) is 6.07. The molecular formula is C22H18N2O4S. The van der Waals surface area contributed by atoms with E-state index in [1.807, 2.05) is 6.07 Å². The minimum Gasteiger partial charge on any atom is -0.465 e. The van der Waals surface area contributed by atoms with E-state index in [1.54, 1.807) is 54.6 Å². The summed E-state index contributed by atoms with van der Waals surface area (Å²) in [4.78, 5) is 12.2. The Morgan fingerprint density at radius 2 is 1.76 bits per heavy atom. The average Bonchev–Trinajstić information content (AvgIpc) is 2.77. The largest absolute Gasteiger partial charge is 0.465 e. The van der Waals surface area contributed by atoms with Gasteiger partial charge in [0, 0.05) is 6.54 Å². The molecule has 0 fully saturated rings. The highest BCUT2D eigenvalue weighted by molar-refractivity contribution is 7.89. The molecule has 0 aliphatic carbocycles. The number of rotatable bonds is 6. The molecule has 0 saturated carbocycles. The Labute approximate surface area is 169 Å². The van der Waals surface area contributed by atoms with Crippen molar-refractivity contribution in [2.24, 2.45) is 0 Å². The number of nitrogens with one attached hydrogen (secondary N) is 1. The molecule has 0 aliphatic heterocycles. The number of nitriles is 1. The lowest BCUT2D eigenvalue weighted by atomic mass is 9.98. The predicted octanol–water partition coefficient (Wildman–Crippen LogP) is 3.49. The SMILES string of the molecule is COC(=O)c1cc(CNS(=O)(=O)c2ccccc2)cc(-c2cccc(C#N)c2)c1. The fourth-order valence-electron chi connectivity index (χ4n) is 2.83. The summed E-state index contributed by atoms with van der Waals surface area (Å²) in [7, 11) is -2.41. The van der Waals surface area contributed by atoms with Crippen LogP contribution in [0.1, 0.15) is 21.5 Å². The summed E-state index contributed by atoms with van der Waals surface area (Å²) in [6, 6.07) is 22.1. The highest BCUT2D eigenvalue weighted by Crippen LogP contribution is 2.24. The molecule has 7 heteroatoms. The van der Waals surface area contributed by atoms with Crippen LogP contribution in [0.5, 0.6) is 0 Å². The van der Waals surface area contributed by atoms with E-state index in [9.17, 15) is 13.2 Å². The number of benzene rings is 3. The summed E-state index contributed by atoms with van der Waals surface area (Å²) in [6.07, 6.45) is 0. The molecule has 0 aromatic heterocycles. The van der Waals surface area contributed by atoms with Crippen molar-refractivity contribution in [2.75, 3.05) is 7.11 Å². The van der Waals surface area contributed by atoms with Crippen LogP contribution in [0.4, 0.5) is 0 Å². The van der Waals surface area contributed by atoms with Gasteiger partial charge in [0.25, 0.3) is 0 Å². The van der Waals surface area contributed by atoms with Gasteiger partial charge in [0.15, 0.2) is 0 Å². The van der Waals surface area contributed by atoms with Crippen molar-refractivity contribution < 1.29 is 17.9 Å². The van der Waals surface area contributed by atoms with Crippen LogP contribution >= 0.6 is 0 Å². The van der Waals surface area contributed by atoms with E-state index >= 15 is 0 Å². The van der Waals surface area contributed by atoms with E-state index in [0.29, 0.717) is 22.3 Å². The monoisotopic (exact) mass is 406 g/mol. The van der Waals surface area contributed by atoms with Gasteiger partial charge in [0.2, 0.25) is 10.0 Å². The number of hydrogen-bond acceptors (Lipinski definition) is 5. The first-order valence-electron chi connectivity index (χ1n) is 8.70. The fourth-order valence-corrected chi connectivity index (χ4v) is 3.86. The lowest BCUT2D eigenvalue weighted by Gasteiger charge is -2.11. The molecule has 0 bridgehead atoms. The summed E-state index contributed by atoms with van der Waals surface area (Å²) in [6.45, 7) is -0.00694. The molecule has 0 saturated heterocycles. The van der Waals surface area contributed by atoms with Crippen molar-refractivity contribution in [1.82, 2.24) is 4.72 Å². The summed E-state index contributed by atoms with van der Waals surface area (Å²) < 4.78 is 32.3. The minimum atomic E-state index is -3.69. The van der Waals surface area contributed by atoms with Crippen LogP contribution in [0.25, 0.3) is 11.1 Å². The lowest BCUT2D eigenvalue weighted by Crippen LogP contribution is -2.23. The molecule has 0 radical (unpaired) electrons. The molecule has 1 N–H and O–H groups in total. The molecule has 0 atom stereocenters. The van der Waals surface area contributed by atoms with Gasteiger partial charge >= 0.3 is 5.97 Å². The van der Waals surface area contributed by atoms with Crippen molar-refractivity contribution in [3.8, 4) is 17.2 Å². The van der Waals surface area contributed by atoms with E-state index in [0.717, 1.165) is 5.56 Å². The zero-order valence-corrected chi connectivity index (χ0v) is 16.4. The predicted molar refractivity (Wildman–Crippen MR) is 108 cm³/mol. The van der Waals surface area contributed by atoms with Gasteiger partial charge in [-0.05, 0) is 59.2 Å². The number of methoxy groups -OCH3 is 1. The van der Waals surface area contributed by atoms with Crippen molar-refractivity contribution in [3.63, 3.8) is 0 Å². The van der Waals surface area contributed by atoms with E-state index in [4.69, 9.17) is 10.00 Å². The molecule has 0 unspecified atom stereocenters. The first-order chi connectivity index (χ1) is 13.9. The van der Waals surface area contributed by atoms with E-state index in [1.165, 1.54) is 19.2 Å². The Bertz CT molecular complexity index is 1180. The number of hydrogen-bond donors (Lipinski definition) is 1. The Morgan fingerprint density at radius 1 is 1.00 bits per heavy atom. The first kappa shape index (κ1) is 20.3. The normalized spacial score (nSPS) is 10.9. The highest BCUT2D eigenvalue weighted by atomic mass is 32.2. The molecular weight excluding hydrogens is 388 g/mol. The van der Waals surface area contributed by atoms with Gasteiger partial charge in [-0.3, -0.25) is 0 Å². The van der Waals surface area contributed by atoms with Crippen LogP contribution in [0.3, 0.4) is 0 Å². The van der Waals surface area contributed by atoms with E-state index in [2.05, 4.69) is 10.8 Å². The van der Waals surface area contributed by atoms with Crippen LogP contribution in [0, 0.1) is 11.3 Å². The third-order valence-electron chi connectivity index (χ3n) is 4.26. The van der Waals surface area contributed by atoms with Gasteiger partial charge in [-0.15, -0.1) is 0 Å². The fraction of sp³-hybridized carbons (Fsp3) is 0.0909. The lowest BCUT2D eigenvalue weighted by molar-refractivity contribution is 0.0600. The van der Waals surface area contributed by atoms with Crippen molar-refractivity contribution >= 4 is 16.0 Å². The summed E-state index contributed by atoms with van der Waals surface area (Å²) in [5.74, 6) is -0.532. The number of nitrogens with zero attached hydrogens (tertiary/aromatic N) is 1. The number of ether oxygens (including phenoxy) is 1. The molecule has 0 heterocycles. The molecule has 3 rings (SSSR count). The smallest absolute Gasteiger partial charge is 0.337 e. The maximum absolute atomic E-state index is 12.5. The van der Waals surface area contributed by atoms with Crippen molar-refractivity contribution in [3.05, 3.63) is 89.5 Å². The van der Waals surface area contributed by atoms with E-state index < -0.39 is 16.0 Å². The quantitative estimate of drug-likeness (QED) is 0.632. The Hall–Kier alpha value is -3.47. The second kappa shape index (κ2) is 8.69. The first-order valence-corrected chi connectivity index (χ1v) is 10.2. The summed E-state index contributed by atoms with van der Waals surface area (Å²) in [5.41, 5.74) is 2.78. The van der Waals surface area contributed by atoms with Crippen LogP contribution in [0.2, 0.25) is 0 Å². The molecule has 146 valence electrons. The number of carbonyl (C=O) groups is 1. The van der Waals surface area contributed by atoms with Crippen LogP contribution in [-0.4, -0.2) is 21.5 Å². The number of carbonyl (C=O) groups excluding carboxylic acids is 1. The van der Waals surface area contributed by atoms with Crippen molar-refractivity contribution in [2.45, 2.75) is 11.4 Å². The van der Waals surface area contributed by atoms with Gasteiger partial charge in [-0.1, -0.05) is 30.3 Å². The summed E-state index contributed by atoms with van der Waals surface area (Å²) >= 11 is 0. The van der Waals surface area contributed by atoms with Gasteiger partial charge < -0.3 is 4.74 Å². The second-order valence-corrected chi connectivity index (χ2v) is 8.01. The Morgan fingerprint density at radius 3 is 2.45 bits per heavy atom. The molecule has 0 amide bonds. The molecule has 6 nitrogen and oxygen atoms in total. The minimum absolute atomic E-state index is 0.00694. The van der Waals surface area contributed by atoms with E-state index in [-0.39, 0.29) is 11.4 Å². The number of sulfonamides is 1. The van der Waals surface area contributed by atoms with Crippen LogP contribution in [0.15, 0.2) is 77.7 Å². The summed E-state index contributed by atoms with van der Waals surface area (Å²) in [5, 5.41) is 9.13. The second-order valence-electron chi connectivity index (χ2n) is 6.24. The zero-order valence-electron chi connectivity index (χ0n) is 15.6. The molecule has 0 spiro atoms. The van der Waals surface area contributed by atoms with Crippen LogP contribution in [-0.2, 0) is 21.3 Å². The van der Waals surface area contributed by atoms with Gasteiger partial charge in [-0.2, -0.15) is 5.26 Å². The molecule has 3 aromatic rings. The Balaban J connectivity index is 1.96. The van der Waals surface area contributed by atoms with Crippen LogP contribution < -0.4 is 4.72 Å². The highest BCUT2D eigenvalue weighted by Gasteiger charge is 2.15. The maximum atomic E-state index is 12.5. The standard InChI is InChI=1S/C22H18N2O4S/c1-28-22(25)20-12-17(15-24-29(26,27)21-8-3-2-4-9-21)11-19(13-20)18-7-5-6-16(10-18)14-23/h2-13,24H,15H2,1H3. The maximum Gasteiger partial charge on any atom is 0.337 e. The van der Waals surface area contributed by atoms with Gasteiger partial charge in [0.1, 0.15) is 0 Å². The zero-order chi connectivity index (χ0) is 20.9. The van der Waals surface area contributed by atoms with Gasteiger partial charge in [-0.25, -0.2) is 17.9 Å². The van der Waals surface area contributed by atoms with Crippen molar-refractivity contribution in [1.29, 1.82) is 5.26 Å². The number of esters is 1.